The Hall–Kier alpha value is -0.540. The highest BCUT2D eigenvalue weighted by Gasteiger charge is 2.15. The molecule has 1 unspecified atom stereocenters. The molecule has 1 aliphatic rings. The standard InChI is InChI=1S/C6H11NO2/c1-2-8-6-5(7)3-4-9-6/h3,6H,2,4,7H2,1H3. The molecule has 1 atom stereocenters. The van der Waals surface area contributed by atoms with E-state index in [1.165, 1.54) is 0 Å². The topological polar surface area (TPSA) is 44.5 Å². The first-order valence-corrected chi connectivity index (χ1v) is 3.03. The van der Waals surface area contributed by atoms with Gasteiger partial charge < -0.3 is 15.2 Å². The fourth-order valence-electron chi connectivity index (χ4n) is 0.720. The van der Waals surface area contributed by atoms with Gasteiger partial charge in [0.05, 0.1) is 12.3 Å². The molecular formula is C6H11NO2. The molecule has 0 saturated heterocycles. The molecule has 0 bridgehead atoms. The van der Waals surface area contributed by atoms with E-state index in [4.69, 9.17) is 15.2 Å². The lowest BCUT2D eigenvalue weighted by atomic mass is 10.4. The Morgan fingerprint density at radius 1 is 2.00 bits per heavy atom. The Kier molecular flexibility index (Phi) is 2.08. The van der Waals surface area contributed by atoms with E-state index in [0.29, 0.717) is 18.9 Å². The van der Waals surface area contributed by atoms with Crippen LogP contribution in [0.15, 0.2) is 11.8 Å². The summed E-state index contributed by atoms with van der Waals surface area (Å²) in [5.74, 6) is 0. The maximum Gasteiger partial charge on any atom is 0.198 e. The van der Waals surface area contributed by atoms with Crippen molar-refractivity contribution >= 4 is 0 Å². The quantitative estimate of drug-likeness (QED) is 0.580. The number of rotatable bonds is 2. The van der Waals surface area contributed by atoms with Crippen molar-refractivity contribution in [3.8, 4) is 0 Å². The van der Waals surface area contributed by atoms with Crippen molar-refractivity contribution in [2.75, 3.05) is 13.2 Å². The highest BCUT2D eigenvalue weighted by Crippen LogP contribution is 2.09. The number of hydrogen-bond acceptors (Lipinski definition) is 3. The molecule has 0 amide bonds. The molecule has 0 aliphatic carbocycles. The molecule has 0 fully saturated rings. The van der Waals surface area contributed by atoms with E-state index in [0.717, 1.165) is 0 Å². The van der Waals surface area contributed by atoms with Crippen molar-refractivity contribution < 1.29 is 9.47 Å². The van der Waals surface area contributed by atoms with E-state index in [2.05, 4.69) is 0 Å². The van der Waals surface area contributed by atoms with E-state index in [1.54, 1.807) is 0 Å². The smallest absolute Gasteiger partial charge is 0.198 e. The van der Waals surface area contributed by atoms with Crippen molar-refractivity contribution in [2.45, 2.75) is 13.2 Å². The maximum absolute atomic E-state index is 5.48. The molecule has 3 nitrogen and oxygen atoms in total. The van der Waals surface area contributed by atoms with Crippen LogP contribution in [-0.2, 0) is 9.47 Å². The zero-order valence-corrected chi connectivity index (χ0v) is 5.46. The summed E-state index contributed by atoms with van der Waals surface area (Å²) < 4.78 is 10.2. The van der Waals surface area contributed by atoms with Crippen LogP contribution in [0.25, 0.3) is 0 Å². The van der Waals surface area contributed by atoms with Crippen LogP contribution in [0, 0.1) is 0 Å². The Balaban J connectivity index is 2.34. The third-order valence-electron chi connectivity index (χ3n) is 1.16. The molecule has 2 N–H and O–H groups in total. The van der Waals surface area contributed by atoms with Crippen molar-refractivity contribution in [1.82, 2.24) is 0 Å². The van der Waals surface area contributed by atoms with Gasteiger partial charge in [-0.25, -0.2) is 0 Å². The summed E-state index contributed by atoms with van der Waals surface area (Å²) in [5, 5.41) is 0. The Labute approximate surface area is 54.4 Å². The summed E-state index contributed by atoms with van der Waals surface area (Å²) in [6.45, 7) is 3.13. The van der Waals surface area contributed by atoms with Gasteiger partial charge in [-0.15, -0.1) is 0 Å². The normalized spacial score (nSPS) is 26.3. The van der Waals surface area contributed by atoms with Crippen LogP contribution in [0.3, 0.4) is 0 Å². The number of nitrogens with two attached hydrogens (primary N) is 1. The van der Waals surface area contributed by atoms with E-state index in [1.807, 2.05) is 13.0 Å². The molecule has 52 valence electrons. The second kappa shape index (κ2) is 2.85. The van der Waals surface area contributed by atoms with Crippen LogP contribution in [0.1, 0.15) is 6.92 Å². The van der Waals surface area contributed by atoms with Gasteiger partial charge in [0.2, 0.25) is 0 Å². The van der Waals surface area contributed by atoms with Crippen LogP contribution >= 0.6 is 0 Å². The maximum atomic E-state index is 5.48. The first kappa shape index (κ1) is 6.58. The second-order valence-corrected chi connectivity index (χ2v) is 1.82. The average Bonchev–Trinajstić information content (AvgIpc) is 2.18. The predicted octanol–water partition coefficient (Wildman–Crippen LogP) is 0.222. The average molecular weight is 129 g/mol. The van der Waals surface area contributed by atoms with Gasteiger partial charge in [-0.3, -0.25) is 0 Å². The van der Waals surface area contributed by atoms with E-state index < -0.39 is 0 Å². The Bertz CT molecular complexity index is 122. The fourth-order valence-corrected chi connectivity index (χ4v) is 0.720. The minimum atomic E-state index is -0.282. The van der Waals surface area contributed by atoms with Gasteiger partial charge in [0.15, 0.2) is 6.29 Å². The molecule has 0 radical (unpaired) electrons. The Morgan fingerprint density at radius 2 is 2.78 bits per heavy atom. The summed E-state index contributed by atoms with van der Waals surface area (Å²) in [6.07, 6.45) is 1.54. The van der Waals surface area contributed by atoms with Crippen molar-refractivity contribution in [1.29, 1.82) is 0 Å². The van der Waals surface area contributed by atoms with E-state index in [-0.39, 0.29) is 6.29 Å². The van der Waals surface area contributed by atoms with Crippen LogP contribution in [0.2, 0.25) is 0 Å². The zero-order chi connectivity index (χ0) is 6.69. The van der Waals surface area contributed by atoms with Crippen LogP contribution in [0.4, 0.5) is 0 Å². The van der Waals surface area contributed by atoms with Crippen molar-refractivity contribution in [3.05, 3.63) is 11.8 Å². The lowest BCUT2D eigenvalue weighted by molar-refractivity contribution is -0.0941. The monoisotopic (exact) mass is 129 g/mol. The largest absolute Gasteiger partial charge is 0.398 e. The third-order valence-corrected chi connectivity index (χ3v) is 1.16. The highest BCUT2D eigenvalue weighted by atomic mass is 16.7. The molecule has 0 aromatic carbocycles. The SMILES string of the molecule is CCOC1OCC=C1N. The highest BCUT2D eigenvalue weighted by molar-refractivity contribution is 5.04. The lowest BCUT2D eigenvalue weighted by Gasteiger charge is -2.09. The molecule has 0 aromatic heterocycles. The van der Waals surface area contributed by atoms with Crippen molar-refractivity contribution in [2.24, 2.45) is 5.73 Å². The molecule has 0 spiro atoms. The van der Waals surface area contributed by atoms with Gasteiger partial charge in [0.1, 0.15) is 0 Å². The molecule has 0 saturated carbocycles. The summed E-state index contributed by atoms with van der Waals surface area (Å²) in [5.41, 5.74) is 6.17. The summed E-state index contributed by atoms with van der Waals surface area (Å²) in [7, 11) is 0. The summed E-state index contributed by atoms with van der Waals surface area (Å²) in [4.78, 5) is 0. The second-order valence-electron chi connectivity index (χ2n) is 1.82. The minimum absolute atomic E-state index is 0.282. The molecule has 1 heterocycles. The molecular weight excluding hydrogens is 118 g/mol. The van der Waals surface area contributed by atoms with Gasteiger partial charge in [-0.1, -0.05) is 0 Å². The van der Waals surface area contributed by atoms with Gasteiger partial charge in [0, 0.05) is 6.61 Å². The van der Waals surface area contributed by atoms with Gasteiger partial charge in [0.25, 0.3) is 0 Å². The molecule has 9 heavy (non-hydrogen) atoms. The van der Waals surface area contributed by atoms with E-state index >= 15 is 0 Å². The Morgan fingerprint density at radius 3 is 3.22 bits per heavy atom. The minimum Gasteiger partial charge on any atom is -0.398 e. The lowest BCUT2D eigenvalue weighted by Crippen LogP contribution is -2.19. The van der Waals surface area contributed by atoms with Crippen LogP contribution in [-0.4, -0.2) is 19.5 Å². The van der Waals surface area contributed by atoms with Gasteiger partial charge >= 0.3 is 0 Å². The van der Waals surface area contributed by atoms with Crippen molar-refractivity contribution in [3.63, 3.8) is 0 Å². The zero-order valence-electron chi connectivity index (χ0n) is 5.46. The summed E-state index contributed by atoms with van der Waals surface area (Å²) >= 11 is 0. The first-order valence-electron chi connectivity index (χ1n) is 3.03. The van der Waals surface area contributed by atoms with Gasteiger partial charge in [-0.2, -0.15) is 0 Å². The third kappa shape index (κ3) is 1.43. The molecule has 1 rings (SSSR count). The molecule has 1 aliphatic heterocycles. The molecule has 3 heteroatoms. The number of hydrogen-bond donors (Lipinski definition) is 1. The summed E-state index contributed by atoms with van der Waals surface area (Å²) in [6, 6.07) is 0. The predicted molar refractivity (Wildman–Crippen MR) is 33.6 cm³/mol. The first-order chi connectivity index (χ1) is 4.34. The van der Waals surface area contributed by atoms with Gasteiger partial charge in [-0.05, 0) is 13.0 Å². The number of ether oxygens (including phenoxy) is 2. The van der Waals surface area contributed by atoms with Crippen LogP contribution < -0.4 is 5.73 Å². The fraction of sp³-hybridized carbons (Fsp3) is 0.667. The van der Waals surface area contributed by atoms with Crippen LogP contribution in [0.5, 0.6) is 0 Å². The van der Waals surface area contributed by atoms with E-state index in [9.17, 15) is 0 Å². The molecule has 0 aromatic rings.